The van der Waals surface area contributed by atoms with Crippen molar-refractivity contribution in [1.82, 2.24) is 4.98 Å². The molecular formula is C24H38BNO6. The molecule has 178 valence electrons. The number of aromatic nitrogens is 1. The molecule has 1 unspecified atom stereocenters. The van der Waals surface area contributed by atoms with Crippen molar-refractivity contribution in [2.45, 2.75) is 102 Å². The molecule has 3 heterocycles. The molecule has 2 aliphatic heterocycles. The normalized spacial score (nSPS) is 29.8. The molecule has 32 heavy (non-hydrogen) atoms. The number of pyridine rings is 1. The van der Waals surface area contributed by atoms with Gasteiger partial charge in [0.15, 0.2) is 6.29 Å². The Balaban J connectivity index is 1.15. The van der Waals surface area contributed by atoms with E-state index in [2.05, 4.69) is 32.7 Å². The third kappa shape index (κ3) is 6.03. The predicted octanol–water partition coefficient (Wildman–Crippen LogP) is 3.63. The molecule has 7 nitrogen and oxygen atoms in total. The van der Waals surface area contributed by atoms with Gasteiger partial charge in [0.2, 0.25) is 5.88 Å². The van der Waals surface area contributed by atoms with Gasteiger partial charge in [-0.1, -0.05) is 6.07 Å². The molecule has 1 aromatic heterocycles. The average molecular weight is 447 g/mol. The molecule has 1 saturated carbocycles. The minimum Gasteiger partial charge on any atom is -0.474 e. The molecule has 0 amide bonds. The summed E-state index contributed by atoms with van der Waals surface area (Å²) in [5.74, 6) is 0.649. The topological polar surface area (TPSA) is 68.3 Å². The Morgan fingerprint density at radius 1 is 0.906 bits per heavy atom. The maximum Gasteiger partial charge on any atom is 0.496 e. The monoisotopic (exact) mass is 447 g/mol. The SMILES string of the molecule is CC1(C)OB(c2ccc(OC3CCC(OCCOC4CCCCO4)CC3)nc2)OC1(C)C. The zero-order valence-corrected chi connectivity index (χ0v) is 20.0. The van der Waals surface area contributed by atoms with Crippen molar-refractivity contribution in [2.24, 2.45) is 0 Å². The van der Waals surface area contributed by atoms with Gasteiger partial charge < -0.3 is 28.3 Å². The van der Waals surface area contributed by atoms with Gasteiger partial charge in [0.25, 0.3) is 0 Å². The highest BCUT2D eigenvalue weighted by Gasteiger charge is 2.51. The Morgan fingerprint density at radius 2 is 1.59 bits per heavy atom. The van der Waals surface area contributed by atoms with Gasteiger partial charge in [0, 0.05) is 18.3 Å². The van der Waals surface area contributed by atoms with Gasteiger partial charge in [-0.05, 0) is 78.7 Å². The average Bonchev–Trinajstić information content (AvgIpc) is 3.00. The van der Waals surface area contributed by atoms with E-state index in [0.717, 1.165) is 50.6 Å². The van der Waals surface area contributed by atoms with Crippen LogP contribution in [0.3, 0.4) is 0 Å². The third-order valence-electron chi connectivity index (χ3n) is 7.07. The first-order valence-electron chi connectivity index (χ1n) is 12.2. The first-order valence-corrected chi connectivity index (χ1v) is 12.2. The van der Waals surface area contributed by atoms with Gasteiger partial charge >= 0.3 is 7.12 Å². The summed E-state index contributed by atoms with van der Waals surface area (Å²) in [6, 6.07) is 3.89. The highest BCUT2D eigenvalue weighted by atomic mass is 16.7. The van der Waals surface area contributed by atoms with E-state index >= 15 is 0 Å². The van der Waals surface area contributed by atoms with Crippen LogP contribution in [0, 0.1) is 0 Å². The van der Waals surface area contributed by atoms with Crippen molar-refractivity contribution in [3.05, 3.63) is 18.3 Å². The van der Waals surface area contributed by atoms with Gasteiger partial charge in [0.05, 0.1) is 30.5 Å². The molecule has 4 rings (SSSR count). The van der Waals surface area contributed by atoms with E-state index in [9.17, 15) is 0 Å². The maximum absolute atomic E-state index is 6.12. The smallest absolute Gasteiger partial charge is 0.474 e. The van der Waals surface area contributed by atoms with Crippen molar-refractivity contribution in [2.75, 3.05) is 19.8 Å². The minimum atomic E-state index is -0.400. The van der Waals surface area contributed by atoms with Crippen LogP contribution >= 0.6 is 0 Å². The van der Waals surface area contributed by atoms with Crippen LogP contribution in [-0.2, 0) is 23.5 Å². The van der Waals surface area contributed by atoms with Crippen LogP contribution in [-0.4, -0.2) is 61.6 Å². The second kappa shape index (κ2) is 10.4. The lowest BCUT2D eigenvalue weighted by molar-refractivity contribution is -0.172. The Kier molecular flexibility index (Phi) is 7.78. The van der Waals surface area contributed by atoms with E-state index in [1.807, 2.05) is 12.1 Å². The van der Waals surface area contributed by atoms with Crippen LogP contribution in [0.4, 0.5) is 0 Å². The lowest BCUT2D eigenvalue weighted by Crippen LogP contribution is -2.41. The Hall–Kier alpha value is -1.19. The number of hydrogen-bond acceptors (Lipinski definition) is 7. The predicted molar refractivity (Wildman–Crippen MR) is 122 cm³/mol. The number of rotatable bonds is 8. The van der Waals surface area contributed by atoms with Crippen molar-refractivity contribution >= 4 is 12.6 Å². The number of hydrogen-bond donors (Lipinski definition) is 0. The summed E-state index contributed by atoms with van der Waals surface area (Å²) in [5.41, 5.74) is 0.195. The number of nitrogens with zero attached hydrogens (tertiary/aromatic N) is 1. The molecule has 8 heteroatoms. The van der Waals surface area contributed by atoms with Crippen LogP contribution in [0.1, 0.15) is 72.6 Å². The highest BCUT2D eigenvalue weighted by molar-refractivity contribution is 6.62. The summed E-state index contributed by atoms with van der Waals surface area (Å²) < 4.78 is 35.6. The van der Waals surface area contributed by atoms with Gasteiger partial charge in [0.1, 0.15) is 6.10 Å². The molecule has 1 atom stereocenters. The fourth-order valence-corrected chi connectivity index (χ4v) is 4.30. The third-order valence-corrected chi connectivity index (χ3v) is 7.07. The van der Waals surface area contributed by atoms with E-state index in [-0.39, 0.29) is 29.7 Å². The zero-order chi connectivity index (χ0) is 22.6. The van der Waals surface area contributed by atoms with E-state index in [4.69, 9.17) is 28.3 Å². The van der Waals surface area contributed by atoms with Crippen LogP contribution in [0.15, 0.2) is 18.3 Å². The van der Waals surface area contributed by atoms with E-state index < -0.39 is 7.12 Å². The van der Waals surface area contributed by atoms with Crippen molar-refractivity contribution in [3.63, 3.8) is 0 Å². The van der Waals surface area contributed by atoms with Crippen LogP contribution < -0.4 is 10.2 Å². The van der Waals surface area contributed by atoms with Crippen molar-refractivity contribution < 1.29 is 28.3 Å². The molecule has 2 saturated heterocycles. The van der Waals surface area contributed by atoms with Crippen LogP contribution in [0.5, 0.6) is 5.88 Å². The standard InChI is InChI=1S/C24H38BNO6/c1-23(2)24(3,4)32-25(31-23)18-8-13-21(26-17-18)30-20-11-9-19(10-12-20)27-15-16-29-22-7-5-6-14-28-22/h8,13,17,19-20,22H,5-7,9-12,14-16H2,1-4H3. The molecule has 0 aromatic carbocycles. The fourth-order valence-electron chi connectivity index (χ4n) is 4.30. The van der Waals surface area contributed by atoms with Crippen LogP contribution in [0.25, 0.3) is 0 Å². The summed E-state index contributed by atoms with van der Waals surface area (Å²) >= 11 is 0. The lowest BCUT2D eigenvalue weighted by Gasteiger charge is -2.32. The van der Waals surface area contributed by atoms with E-state index in [0.29, 0.717) is 19.1 Å². The molecule has 0 spiro atoms. The summed E-state index contributed by atoms with van der Waals surface area (Å²) in [6.07, 6.45) is 9.47. The minimum absolute atomic E-state index is 0.0415. The summed E-state index contributed by atoms with van der Waals surface area (Å²) in [6.45, 7) is 10.2. The molecule has 3 fully saturated rings. The number of ether oxygens (including phenoxy) is 4. The Labute approximate surface area is 192 Å². The zero-order valence-electron chi connectivity index (χ0n) is 20.0. The van der Waals surface area contributed by atoms with Gasteiger partial charge in [-0.3, -0.25) is 0 Å². The van der Waals surface area contributed by atoms with Crippen molar-refractivity contribution in [3.8, 4) is 5.88 Å². The molecule has 1 aliphatic carbocycles. The van der Waals surface area contributed by atoms with Crippen LogP contribution in [0.2, 0.25) is 0 Å². The highest BCUT2D eigenvalue weighted by Crippen LogP contribution is 2.36. The fraction of sp³-hybridized carbons (Fsp3) is 0.792. The summed E-state index contributed by atoms with van der Waals surface area (Å²) in [7, 11) is -0.400. The van der Waals surface area contributed by atoms with Gasteiger partial charge in [-0.25, -0.2) is 4.98 Å². The second-order valence-electron chi connectivity index (χ2n) is 10.1. The summed E-state index contributed by atoms with van der Waals surface area (Å²) in [5, 5.41) is 0. The first kappa shape index (κ1) is 24.0. The summed E-state index contributed by atoms with van der Waals surface area (Å²) in [4.78, 5) is 4.50. The molecule has 0 bridgehead atoms. The second-order valence-corrected chi connectivity index (χ2v) is 10.1. The van der Waals surface area contributed by atoms with E-state index in [1.54, 1.807) is 6.20 Å². The van der Waals surface area contributed by atoms with Gasteiger partial charge in [-0.2, -0.15) is 0 Å². The lowest BCUT2D eigenvalue weighted by atomic mass is 9.80. The maximum atomic E-state index is 6.12. The largest absolute Gasteiger partial charge is 0.496 e. The Bertz CT molecular complexity index is 698. The quantitative estimate of drug-likeness (QED) is 0.445. The van der Waals surface area contributed by atoms with E-state index in [1.165, 1.54) is 6.42 Å². The molecular weight excluding hydrogens is 409 g/mol. The first-order chi connectivity index (χ1) is 15.3. The molecule has 3 aliphatic rings. The molecule has 0 radical (unpaired) electrons. The Morgan fingerprint density at radius 3 is 2.22 bits per heavy atom. The molecule has 1 aromatic rings. The van der Waals surface area contributed by atoms with Crippen molar-refractivity contribution in [1.29, 1.82) is 0 Å². The molecule has 0 N–H and O–H groups in total. The van der Waals surface area contributed by atoms with Gasteiger partial charge in [-0.15, -0.1) is 0 Å².